The second-order valence-corrected chi connectivity index (χ2v) is 10.4. The van der Waals surface area contributed by atoms with Crippen LogP contribution in [0.25, 0.3) is 5.57 Å². The van der Waals surface area contributed by atoms with Crippen LogP contribution < -0.4 is 5.56 Å². The van der Waals surface area contributed by atoms with Gasteiger partial charge in [0.25, 0.3) is 5.56 Å². The molecule has 0 bridgehead atoms. The molecule has 7 heteroatoms. The summed E-state index contributed by atoms with van der Waals surface area (Å²) >= 11 is 0. The van der Waals surface area contributed by atoms with E-state index in [1.165, 1.54) is 6.42 Å². The molecule has 2 fully saturated rings. The topological polar surface area (TPSA) is 79.3 Å². The summed E-state index contributed by atoms with van der Waals surface area (Å²) in [4.78, 5) is 26.5. The third-order valence-corrected chi connectivity index (χ3v) is 8.34. The zero-order valence-corrected chi connectivity index (χ0v) is 20.1. The molecule has 5 rings (SSSR count). The second-order valence-electron chi connectivity index (χ2n) is 10.4. The molecule has 0 aromatic carbocycles. The average molecular weight is 486 g/mol. The molecule has 0 N–H and O–H groups in total. The van der Waals surface area contributed by atoms with Gasteiger partial charge in [0.2, 0.25) is 0 Å². The van der Waals surface area contributed by atoms with Gasteiger partial charge in [-0.25, -0.2) is 4.68 Å². The van der Waals surface area contributed by atoms with E-state index in [0.29, 0.717) is 11.3 Å². The monoisotopic (exact) mass is 485 g/mol. The standard InChI is InChI=1S/C26H35N3O4.2CH4/c1-17-23(27-33-24(17)19-9-11-26(12-10-19)13-14-32-16-26)22(30)15-21-18(2)28(3)29(25(21)31)20-7-5-4-6-8-20;;/h9,20H,4-8,10-16H2,1-3H3;2*1H4. The van der Waals surface area contributed by atoms with E-state index in [-0.39, 0.29) is 44.1 Å². The molecular weight excluding hydrogens is 442 g/mol. The summed E-state index contributed by atoms with van der Waals surface area (Å²) in [6, 6.07) is 0.228. The molecule has 1 unspecified atom stereocenters. The summed E-state index contributed by atoms with van der Waals surface area (Å²) in [6.45, 7) is 5.52. The van der Waals surface area contributed by atoms with E-state index in [1.54, 1.807) is 0 Å². The first-order valence-electron chi connectivity index (χ1n) is 12.4. The molecule has 2 aromatic heterocycles. The van der Waals surface area contributed by atoms with Crippen LogP contribution in [-0.4, -0.2) is 33.5 Å². The number of hydrogen-bond acceptors (Lipinski definition) is 5. The van der Waals surface area contributed by atoms with Crippen molar-refractivity contribution in [3.8, 4) is 0 Å². The van der Waals surface area contributed by atoms with Gasteiger partial charge >= 0.3 is 0 Å². The van der Waals surface area contributed by atoms with Crippen LogP contribution in [0.1, 0.15) is 112 Å². The highest BCUT2D eigenvalue weighted by Gasteiger charge is 2.37. The van der Waals surface area contributed by atoms with E-state index >= 15 is 0 Å². The van der Waals surface area contributed by atoms with E-state index in [1.807, 2.05) is 30.3 Å². The van der Waals surface area contributed by atoms with Gasteiger partial charge in [-0.05, 0) is 63.4 Å². The van der Waals surface area contributed by atoms with Crippen molar-refractivity contribution in [1.29, 1.82) is 0 Å². The van der Waals surface area contributed by atoms with Crippen molar-refractivity contribution in [2.45, 2.75) is 99.0 Å². The van der Waals surface area contributed by atoms with Crippen molar-refractivity contribution in [2.24, 2.45) is 12.5 Å². The molecule has 2 aliphatic carbocycles. The summed E-state index contributed by atoms with van der Waals surface area (Å²) in [7, 11) is 1.93. The largest absolute Gasteiger partial charge is 0.381 e. The van der Waals surface area contributed by atoms with Crippen molar-refractivity contribution >= 4 is 11.4 Å². The molecule has 1 aliphatic heterocycles. The summed E-state index contributed by atoms with van der Waals surface area (Å²) in [5.41, 5.74) is 3.95. The van der Waals surface area contributed by atoms with E-state index in [0.717, 1.165) is 87.2 Å². The van der Waals surface area contributed by atoms with Gasteiger partial charge < -0.3 is 9.26 Å². The van der Waals surface area contributed by atoms with E-state index in [2.05, 4.69) is 11.2 Å². The Bertz CT molecular complexity index is 1140. The molecule has 1 saturated heterocycles. The molecule has 3 aliphatic rings. The molecule has 2 aromatic rings. The molecular formula is C28H43N3O4. The number of Topliss-reactive ketones (excluding diaryl/α,β-unsaturated/α-hetero) is 1. The van der Waals surface area contributed by atoms with Crippen LogP contribution in [0.5, 0.6) is 0 Å². The summed E-state index contributed by atoms with van der Waals surface area (Å²) in [6.07, 6.45) is 12.0. The number of carbonyl (C=O) groups is 1. The van der Waals surface area contributed by atoms with Gasteiger partial charge in [-0.15, -0.1) is 0 Å². The zero-order chi connectivity index (χ0) is 23.2. The van der Waals surface area contributed by atoms with Crippen LogP contribution in [-0.2, 0) is 18.2 Å². The van der Waals surface area contributed by atoms with Crippen molar-refractivity contribution in [1.82, 2.24) is 14.5 Å². The fourth-order valence-corrected chi connectivity index (χ4v) is 6.02. The molecule has 35 heavy (non-hydrogen) atoms. The van der Waals surface area contributed by atoms with Gasteiger partial charge in [-0.1, -0.05) is 45.3 Å². The zero-order valence-electron chi connectivity index (χ0n) is 20.1. The van der Waals surface area contributed by atoms with Gasteiger partial charge in [0.15, 0.2) is 17.2 Å². The molecule has 7 nitrogen and oxygen atoms in total. The highest BCUT2D eigenvalue weighted by Crippen LogP contribution is 2.44. The average Bonchev–Trinajstić information content (AvgIpc) is 3.49. The number of rotatable bonds is 5. The van der Waals surface area contributed by atoms with Gasteiger partial charge in [-0.2, -0.15) is 0 Å². The quantitative estimate of drug-likeness (QED) is 0.488. The summed E-state index contributed by atoms with van der Waals surface area (Å²) < 4.78 is 15.1. The summed E-state index contributed by atoms with van der Waals surface area (Å²) in [5, 5.41) is 4.15. The van der Waals surface area contributed by atoms with Crippen molar-refractivity contribution in [3.63, 3.8) is 0 Å². The van der Waals surface area contributed by atoms with E-state index in [9.17, 15) is 9.59 Å². The fourth-order valence-electron chi connectivity index (χ4n) is 6.02. The number of hydrogen-bond donors (Lipinski definition) is 0. The first-order chi connectivity index (χ1) is 15.9. The fraction of sp³-hybridized carbons (Fsp3) is 0.679. The highest BCUT2D eigenvalue weighted by molar-refractivity contribution is 5.97. The predicted molar refractivity (Wildman–Crippen MR) is 139 cm³/mol. The lowest BCUT2D eigenvalue weighted by molar-refractivity contribution is 0.0983. The van der Waals surface area contributed by atoms with Crippen LogP contribution in [0.4, 0.5) is 0 Å². The Balaban J connectivity index is 0.00000171. The minimum absolute atomic E-state index is 0. The number of ketones is 1. The first kappa shape index (κ1) is 27.2. The maximum Gasteiger partial charge on any atom is 0.270 e. The van der Waals surface area contributed by atoms with Crippen molar-refractivity contribution in [3.05, 3.63) is 44.7 Å². The number of ether oxygens (including phenoxy) is 1. The molecule has 1 saturated carbocycles. The Morgan fingerprint density at radius 2 is 1.91 bits per heavy atom. The Morgan fingerprint density at radius 3 is 2.54 bits per heavy atom. The minimum Gasteiger partial charge on any atom is -0.381 e. The van der Waals surface area contributed by atoms with Crippen LogP contribution in [0, 0.1) is 19.3 Å². The number of nitrogens with zero attached hydrogens (tertiary/aromatic N) is 3. The lowest BCUT2D eigenvalue weighted by Crippen LogP contribution is -2.29. The highest BCUT2D eigenvalue weighted by atomic mass is 16.5. The van der Waals surface area contributed by atoms with Crippen molar-refractivity contribution < 1.29 is 14.1 Å². The third-order valence-electron chi connectivity index (χ3n) is 8.34. The number of allylic oxidation sites excluding steroid dienone is 2. The molecule has 1 atom stereocenters. The molecule has 194 valence electrons. The van der Waals surface area contributed by atoms with Gasteiger partial charge in [0, 0.05) is 36.9 Å². The van der Waals surface area contributed by atoms with Gasteiger partial charge in [0.1, 0.15) is 0 Å². The maximum absolute atomic E-state index is 13.3. The minimum atomic E-state index is -0.152. The van der Waals surface area contributed by atoms with E-state index < -0.39 is 0 Å². The van der Waals surface area contributed by atoms with Gasteiger partial charge in [0.05, 0.1) is 12.6 Å². The Morgan fingerprint density at radius 1 is 1.17 bits per heavy atom. The Hall–Kier alpha value is -2.41. The lowest BCUT2D eigenvalue weighted by atomic mass is 9.74. The van der Waals surface area contributed by atoms with E-state index in [4.69, 9.17) is 9.26 Å². The first-order valence-corrected chi connectivity index (χ1v) is 12.4. The van der Waals surface area contributed by atoms with Crippen molar-refractivity contribution in [2.75, 3.05) is 13.2 Å². The lowest BCUT2D eigenvalue weighted by Gasteiger charge is -2.30. The normalized spacial score (nSPS) is 22.5. The molecule has 3 heterocycles. The SMILES string of the molecule is C.C.Cc1c(C(=O)Cc2c(C)n(C)n(C3CCCCC3)c2=O)noc1C1=CCC2(CCOC2)CC1. The Labute approximate surface area is 209 Å². The second kappa shape index (κ2) is 10.7. The van der Waals surface area contributed by atoms with Crippen LogP contribution in [0.15, 0.2) is 15.4 Å². The Kier molecular flexibility index (Phi) is 8.30. The third kappa shape index (κ3) is 4.84. The van der Waals surface area contributed by atoms with Crippen LogP contribution >= 0.6 is 0 Å². The van der Waals surface area contributed by atoms with Crippen LogP contribution in [0.2, 0.25) is 0 Å². The smallest absolute Gasteiger partial charge is 0.270 e. The molecule has 0 radical (unpaired) electrons. The number of carbonyl (C=O) groups excluding carboxylic acids is 1. The molecule has 0 amide bonds. The molecule has 1 spiro atoms. The van der Waals surface area contributed by atoms with Crippen LogP contribution in [0.3, 0.4) is 0 Å². The van der Waals surface area contributed by atoms with Gasteiger partial charge in [-0.3, -0.25) is 14.3 Å². The predicted octanol–water partition coefficient (Wildman–Crippen LogP) is 5.97. The maximum atomic E-state index is 13.3. The summed E-state index contributed by atoms with van der Waals surface area (Å²) in [5.74, 6) is 0.567. The number of aromatic nitrogens is 3.